The first-order valence-corrected chi connectivity index (χ1v) is 5.04. The fourth-order valence-corrected chi connectivity index (χ4v) is 1.87. The van der Waals surface area contributed by atoms with Crippen LogP contribution in [-0.2, 0) is 6.42 Å². The van der Waals surface area contributed by atoms with Gasteiger partial charge in [0.1, 0.15) is 0 Å². The van der Waals surface area contributed by atoms with Crippen molar-refractivity contribution >= 4 is 10.9 Å². The van der Waals surface area contributed by atoms with Gasteiger partial charge in [0, 0.05) is 11.5 Å². The third kappa shape index (κ3) is 1.78. The van der Waals surface area contributed by atoms with Crippen LogP contribution in [0, 0.1) is 6.92 Å². The lowest BCUT2D eigenvalue weighted by Crippen LogP contribution is -2.09. The number of para-hydroxylation sites is 1. The Morgan fingerprint density at radius 3 is 2.93 bits per heavy atom. The highest BCUT2D eigenvalue weighted by Gasteiger charge is 2.03. The van der Waals surface area contributed by atoms with E-state index < -0.39 is 0 Å². The van der Waals surface area contributed by atoms with E-state index in [1.165, 1.54) is 0 Å². The van der Waals surface area contributed by atoms with E-state index in [2.05, 4.69) is 4.98 Å². The number of aromatic amines is 1. The summed E-state index contributed by atoms with van der Waals surface area (Å²) in [5.41, 5.74) is 8.52. The van der Waals surface area contributed by atoms with E-state index in [1.807, 2.05) is 25.1 Å². The predicted molar refractivity (Wildman–Crippen MR) is 62.1 cm³/mol. The van der Waals surface area contributed by atoms with Gasteiger partial charge in [0.2, 0.25) is 5.56 Å². The average molecular weight is 202 g/mol. The molecule has 0 unspecified atom stereocenters. The lowest BCUT2D eigenvalue weighted by atomic mass is 10.0. The smallest absolute Gasteiger partial charge is 0.248 e. The van der Waals surface area contributed by atoms with E-state index in [0.717, 1.165) is 28.5 Å². The summed E-state index contributed by atoms with van der Waals surface area (Å²) in [5, 5.41) is 1.10. The molecular formula is C12H14N2O. The van der Waals surface area contributed by atoms with Gasteiger partial charge in [-0.2, -0.15) is 0 Å². The van der Waals surface area contributed by atoms with Crippen molar-refractivity contribution in [2.24, 2.45) is 5.73 Å². The zero-order valence-corrected chi connectivity index (χ0v) is 8.71. The van der Waals surface area contributed by atoms with E-state index in [4.69, 9.17) is 5.73 Å². The lowest BCUT2D eigenvalue weighted by Gasteiger charge is -2.06. The molecule has 0 saturated heterocycles. The Kier molecular flexibility index (Phi) is 2.56. The van der Waals surface area contributed by atoms with E-state index in [1.54, 1.807) is 6.07 Å². The minimum atomic E-state index is -0.0514. The average Bonchev–Trinajstić information content (AvgIpc) is 2.19. The van der Waals surface area contributed by atoms with Crippen molar-refractivity contribution in [1.82, 2.24) is 4.98 Å². The van der Waals surface area contributed by atoms with Crippen LogP contribution in [0.25, 0.3) is 10.9 Å². The monoisotopic (exact) mass is 202 g/mol. The van der Waals surface area contributed by atoms with Crippen molar-refractivity contribution in [3.05, 3.63) is 45.7 Å². The Bertz CT molecular complexity index is 543. The number of rotatable bonds is 2. The normalized spacial score (nSPS) is 10.8. The van der Waals surface area contributed by atoms with Crippen LogP contribution in [0.5, 0.6) is 0 Å². The predicted octanol–water partition coefficient (Wildman–Crippen LogP) is 1.34. The molecule has 0 atom stereocenters. The summed E-state index contributed by atoms with van der Waals surface area (Å²) >= 11 is 0. The summed E-state index contributed by atoms with van der Waals surface area (Å²) in [7, 11) is 0. The van der Waals surface area contributed by atoms with Crippen molar-refractivity contribution in [2.75, 3.05) is 6.54 Å². The molecule has 1 heterocycles. The number of pyridine rings is 1. The van der Waals surface area contributed by atoms with Crippen LogP contribution in [-0.4, -0.2) is 11.5 Å². The molecule has 0 spiro atoms. The maximum Gasteiger partial charge on any atom is 0.248 e. The first kappa shape index (κ1) is 9.93. The molecule has 1 aromatic carbocycles. The SMILES string of the molecule is Cc1cc(=O)[nH]c2c(CCN)cccc12. The van der Waals surface area contributed by atoms with Gasteiger partial charge in [-0.25, -0.2) is 0 Å². The zero-order valence-electron chi connectivity index (χ0n) is 8.71. The Hall–Kier alpha value is -1.61. The van der Waals surface area contributed by atoms with Gasteiger partial charge in [-0.3, -0.25) is 4.79 Å². The van der Waals surface area contributed by atoms with Crippen molar-refractivity contribution < 1.29 is 0 Å². The summed E-state index contributed by atoms with van der Waals surface area (Å²) in [4.78, 5) is 14.2. The molecule has 0 aliphatic carbocycles. The maximum absolute atomic E-state index is 11.4. The Labute approximate surface area is 87.9 Å². The van der Waals surface area contributed by atoms with Crippen LogP contribution in [0.4, 0.5) is 0 Å². The van der Waals surface area contributed by atoms with E-state index >= 15 is 0 Å². The molecule has 2 rings (SSSR count). The second kappa shape index (κ2) is 3.87. The summed E-state index contributed by atoms with van der Waals surface area (Å²) in [6.07, 6.45) is 0.788. The van der Waals surface area contributed by atoms with Crippen LogP contribution in [0.1, 0.15) is 11.1 Å². The third-order valence-corrected chi connectivity index (χ3v) is 2.59. The molecule has 0 fully saturated rings. The molecular weight excluding hydrogens is 188 g/mol. The zero-order chi connectivity index (χ0) is 10.8. The van der Waals surface area contributed by atoms with Gasteiger partial charge in [-0.15, -0.1) is 0 Å². The summed E-state index contributed by atoms with van der Waals surface area (Å²) in [6.45, 7) is 2.54. The fraction of sp³-hybridized carbons (Fsp3) is 0.250. The molecule has 3 nitrogen and oxygen atoms in total. The van der Waals surface area contributed by atoms with Crippen LogP contribution in [0.2, 0.25) is 0 Å². The molecule has 0 aliphatic heterocycles. The van der Waals surface area contributed by atoms with Crippen LogP contribution < -0.4 is 11.3 Å². The minimum absolute atomic E-state index is 0.0514. The number of H-pyrrole nitrogens is 1. The molecule has 0 bridgehead atoms. The number of fused-ring (bicyclic) bond motifs is 1. The van der Waals surface area contributed by atoms with Crippen molar-refractivity contribution in [1.29, 1.82) is 0 Å². The van der Waals surface area contributed by atoms with Gasteiger partial charge in [0.05, 0.1) is 5.52 Å². The number of nitrogens with one attached hydrogen (secondary N) is 1. The van der Waals surface area contributed by atoms with Gasteiger partial charge in [-0.05, 0) is 31.0 Å². The molecule has 0 radical (unpaired) electrons. The molecule has 3 heteroatoms. The van der Waals surface area contributed by atoms with E-state index in [0.29, 0.717) is 6.54 Å². The number of aromatic nitrogens is 1. The van der Waals surface area contributed by atoms with E-state index in [9.17, 15) is 4.79 Å². The second-order valence-electron chi connectivity index (χ2n) is 3.69. The largest absolute Gasteiger partial charge is 0.330 e. The molecule has 0 saturated carbocycles. The van der Waals surface area contributed by atoms with Gasteiger partial charge in [0.25, 0.3) is 0 Å². The lowest BCUT2D eigenvalue weighted by molar-refractivity contribution is 0.972. The Morgan fingerprint density at radius 1 is 1.40 bits per heavy atom. The van der Waals surface area contributed by atoms with Crippen LogP contribution >= 0.6 is 0 Å². The van der Waals surface area contributed by atoms with Crippen molar-refractivity contribution in [3.8, 4) is 0 Å². The number of hydrogen-bond donors (Lipinski definition) is 2. The highest BCUT2D eigenvalue weighted by Crippen LogP contribution is 2.18. The molecule has 15 heavy (non-hydrogen) atoms. The topological polar surface area (TPSA) is 58.9 Å². The first-order valence-electron chi connectivity index (χ1n) is 5.04. The highest BCUT2D eigenvalue weighted by atomic mass is 16.1. The van der Waals surface area contributed by atoms with Gasteiger partial charge in [-0.1, -0.05) is 18.2 Å². The molecule has 1 aromatic heterocycles. The third-order valence-electron chi connectivity index (χ3n) is 2.59. The van der Waals surface area contributed by atoms with Gasteiger partial charge >= 0.3 is 0 Å². The molecule has 0 amide bonds. The second-order valence-corrected chi connectivity index (χ2v) is 3.69. The number of hydrogen-bond acceptors (Lipinski definition) is 2. The molecule has 0 aliphatic rings. The Balaban J connectivity index is 2.78. The number of aryl methyl sites for hydroxylation is 1. The fourth-order valence-electron chi connectivity index (χ4n) is 1.87. The molecule has 78 valence electrons. The van der Waals surface area contributed by atoms with Crippen molar-refractivity contribution in [3.63, 3.8) is 0 Å². The molecule has 2 aromatic rings. The van der Waals surface area contributed by atoms with Crippen LogP contribution in [0.3, 0.4) is 0 Å². The standard InChI is InChI=1S/C12H14N2O/c1-8-7-11(15)14-12-9(5-6-13)3-2-4-10(8)12/h2-4,7H,5-6,13H2,1H3,(H,14,15). The van der Waals surface area contributed by atoms with Crippen molar-refractivity contribution in [2.45, 2.75) is 13.3 Å². The van der Waals surface area contributed by atoms with Gasteiger partial charge < -0.3 is 10.7 Å². The highest BCUT2D eigenvalue weighted by molar-refractivity contribution is 5.84. The molecule has 3 N–H and O–H groups in total. The summed E-state index contributed by atoms with van der Waals surface area (Å²) in [5.74, 6) is 0. The summed E-state index contributed by atoms with van der Waals surface area (Å²) < 4.78 is 0. The minimum Gasteiger partial charge on any atom is -0.330 e. The number of nitrogens with two attached hydrogens (primary N) is 1. The first-order chi connectivity index (χ1) is 7.22. The van der Waals surface area contributed by atoms with Crippen LogP contribution in [0.15, 0.2) is 29.1 Å². The summed E-state index contributed by atoms with van der Waals surface area (Å²) in [6, 6.07) is 7.64. The Morgan fingerprint density at radius 2 is 2.20 bits per heavy atom. The maximum atomic E-state index is 11.4. The number of benzene rings is 1. The quantitative estimate of drug-likeness (QED) is 0.772. The van der Waals surface area contributed by atoms with Gasteiger partial charge in [0.15, 0.2) is 0 Å². The van der Waals surface area contributed by atoms with E-state index in [-0.39, 0.29) is 5.56 Å².